The van der Waals surface area contributed by atoms with Crippen molar-refractivity contribution in [2.75, 3.05) is 11.1 Å². The molecule has 1 aromatic heterocycles. The van der Waals surface area contributed by atoms with Gasteiger partial charge in [-0.15, -0.1) is 10.2 Å². The first kappa shape index (κ1) is 20.4. The van der Waals surface area contributed by atoms with Crippen LogP contribution in [0.25, 0.3) is 11.4 Å². The third kappa shape index (κ3) is 4.96. The fourth-order valence-electron chi connectivity index (χ4n) is 2.43. The van der Waals surface area contributed by atoms with Crippen LogP contribution in [0.3, 0.4) is 0 Å². The SMILES string of the molecule is Cc1cc(I)ccc1NC(=O)CSc1nnc(-c2ccc(Cl)cc2Cl)n1C. The number of hydrogen-bond acceptors (Lipinski definition) is 4. The molecule has 3 rings (SSSR count). The number of nitrogens with one attached hydrogen (secondary N) is 1. The number of aromatic nitrogens is 3. The number of anilines is 1. The normalized spacial score (nSPS) is 10.9. The molecular weight excluding hydrogens is 518 g/mol. The molecule has 5 nitrogen and oxygen atoms in total. The predicted molar refractivity (Wildman–Crippen MR) is 120 cm³/mol. The summed E-state index contributed by atoms with van der Waals surface area (Å²) < 4.78 is 2.94. The van der Waals surface area contributed by atoms with Crippen LogP contribution >= 0.6 is 57.6 Å². The molecular formula is C18H15Cl2IN4OS. The second-order valence-electron chi connectivity index (χ2n) is 5.79. The molecule has 0 atom stereocenters. The van der Waals surface area contributed by atoms with Crippen molar-refractivity contribution in [1.82, 2.24) is 14.8 Å². The van der Waals surface area contributed by atoms with Gasteiger partial charge >= 0.3 is 0 Å². The first-order chi connectivity index (χ1) is 12.8. The minimum Gasteiger partial charge on any atom is -0.325 e. The Bertz CT molecular complexity index is 1010. The van der Waals surface area contributed by atoms with Crippen LogP contribution in [0.1, 0.15) is 5.56 Å². The molecule has 0 aliphatic carbocycles. The molecule has 0 saturated heterocycles. The topological polar surface area (TPSA) is 59.8 Å². The lowest BCUT2D eigenvalue weighted by molar-refractivity contribution is -0.113. The summed E-state index contributed by atoms with van der Waals surface area (Å²) >= 11 is 15.8. The van der Waals surface area contributed by atoms with Crippen LogP contribution < -0.4 is 5.32 Å². The standard InChI is InChI=1S/C18H15Cl2IN4OS/c1-10-7-12(21)4-6-15(10)22-16(26)9-27-18-24-23-17(25(18)2)13-5-3-11(19)8-14(13)20/h3-8H,9H2,1-2H3,(H,22,26). The highest BCUT2D eigenvalue weighted by molar-refractivity contribution is 14.1. The maximum Gasteiger partial charge on any atom is 0.234 e. The number of hydrogen-bond donors (Lipinski definition) is 1. The molecule has 1 heterocycles. The van der Waals surface area contributed by atoms with Crippen LogP contribution in [0.2, 0.25) is 10.0 Å². The summed E-state index contributed by atoms with van der Waals surface area (Å²) in [7, 11) is 1.84. The van der Waals surface area contributed by atoms with E-state index in [1.807, 2.05) is 36.7 Å². The highest BCUT2D eigenvalue weighted by Crippen LogP contribution is 2.30. The van der Waals surface area contributed by atoms with Gasteiger partial charge in [-0.25, -0.2) is 0 Å². The second kappa shape index (κ2) is 8.81. The zero-order chi connectivity index (χ0) is 19.6. The van der Waals surface area contributed by atoms with E-state index in [9.17, 15) is 4.79 Å². The number of thioether (sulfide) groups is 1. The molecule has 0 aliphatic rings. The highest BCUT2D eigenvalue weighted by atomic mass is 127. The Morgan fingerprint density at radius 3 is 2.70 bits per heavy atom. The maximum atomic E-state index is 12.3. The van der Waals surface area contributed by atoms with Gasteiger partial charge in [-0.05, 0) is 71.5 Å². The highest BCUT2D eigenvalue weighted by Gasteiger charge is 2.15. The summed E-state index contributed by atoms with van der Waals surface area (Å²) in [5, 5.41) is 13.0. The van der Waals surface area contributed by atoms with Crippen LogP contribution in [0.15, 0.2) is 41.6 Å². The van der Waals surface area contributed by atoms with Crippen molar-refractivity contribution in [2.24, 2.45) is 7.05 Å². The van der Waals surface area contributed by atoms with Gasteiger partial charge in [-0.1, -0.05) is 35.0 Å². The Morgan fingerprint density at radius 2 is 2.00 bits per heavy atom. The van der Waals surface area contributed by atoms with Crippen molar-refractivity contribution in [3.05, 3.63) is 55.6 Å². The van der Waals surface area contributed by atoms with Crippen molar-refractivity contribution < 1.29 is 4.79 Å². The lowest BCUT2D eigenvalue weighted by atomic mass is 10.2. The first-order valence-corrected chi connectivity index (χ1v) is 10.7. The lowest BCUT2D eigenvalue weighted by Crippen LogP contribution is -2.15. The summed E-state index contributed by atoms with van der Waals surface area (Å²) in [6.45, 7) is 1.97. The Labute approximate surface area is 185 Å². The van der Waals surface area contributed by atoms with Gasteiger partial charge in [0.1, 0.15) is 0 Å². The van der Waals surface area contributed by atoms with Crippen LogP contribution in [0.5, 0.6) is 0 Å². The van der Waals surface area contributed by atoms with E-state index in [0.717, 1.165) is 20.4 Å². The summed E-state index contributed by atoms with van der Waals surface area (Å²) in [5.74, 6) is 0.748. The van der Waals surface area contributed by atoms with Gasteiger partial charge < -0.3 is 9.88 Å². The molecule has 140 valence electrons. The maximum absolute atomic E-state index is 12.3. The molecule has 0 aliphatic heterocycles. The van der Waals surface area contributed by atoms with E-state index >= 15 is 0 Å². The quantitative estimate of drug-likeness (QED) is 0.351. The zero-order valence-electron chi connectivity index (χ0n) is 14.5. The predicted octanol–water partition coefficient (Wildman–Crippen LogP) is 5.43. The number of halogens is 3. The van der Waals surface area contributed by atoms with Crippen molar-refractivity contribution in [2.45, 2.75) is 12.1 Å². The molecule has 0 fully saturated rings. The van der Waals surface area contributed by atoms with Crippen molar-refractivity contribution in [3.8, 4) is 11.4 Å². The fourth-order valence-corrected chi connectivity index (χ4v) is 4.28. The molecule has 0 bridgehead atoms. The van der Waals surface area contributed by atoms with E-state index in [1.54, 1.807) is 18.2 Å². The molecule has 1 N–H and O–H groups in total. The molecule has 1 amide bonds. The van der Waals surface area contributed by atoms with E-state index < -0.39 is 0 Å². The van der Waals surface area contributed by atoms with E-state index in [4.69, 9.17) is 23.2 Å². The Balaban J connectivity index is 1.68. The lowest BCUT2D eigenvalue weighted by Gasteiger charge is -2.09. The van der Waals surface area contributed by atoms with Gasteiger partial charge in [0.25, 0.3) is 0 Å². The number of carbonyl (C=O) groups is 1. The Hall–Kier alpha value is -1.29. The first-order valence-electron chi connectivity index (χ1n) is 7.89. The fraction of sp³-hybridized carbons (Fsp3) is 0.167. The van der Waals surface area contributed by atoms with E-state index in [2.05, 4.69) is 38.1 Å². The van der Waals surface area contributed by atoms with Gasteiger partial charge in [0, 0.05) is 26.9 Å². The summed E-state index contributed by atoms with van der Waals surface area (Å²) in [4.78, 5) is 12.3. The minimum absolute atomic E-state index is 0.0987. The number of amides is 1. The smallest absolute Gasteiger partial charge is 0.234 e. The van der Waals surface area contributed by atoms with E-state index in [1.165, 1.54) is 11.8 Å². The van der Waals surface area contributed by atoms with Crippen LogP contribution in [0, 0.1) is 10.5 Å². The second-order valence-corrected chi connectivity index (χ2v) is 8.82. The zero-order valence-corrected chi connectivity index (χ0v) is 18.9. The van der Waals surface area contributed by atoms with E-state index in [-0.39, 0.29) is 11.7 Å². The van der Waals surface area contributed by atoms with Gasteiger partial charge in [-0.3, -0.25) is 4.79 Å². The van der Waals surface area contributed by atoms with Crippen molar-refractivity contribution in [1.29, 1.82) is 0 Å². The summed E-state index contributed by atoms with van der Waals surface area (Å²) in [6, 6.07) is 11.1. The minimum atomic E-state index is -0.0987. The Morgan fingerprint density at radius 1 is 1.22 bits per heavy atom. The molecule has 0 spiro atoms. The van der Waals surface area contributed by atoms with Crippen LogP contribution in [-0.2, 0) is 11.8 Å². The molecule has 0 radical (unpaired) electrons. The third-order valence-corrected chi connectivity index (χ3v) is 6.04. The third-order valence-electron chi connectivity index (χ3n) is 3.80. The number of benzene rings is 2. The van der Waals surface area contributed by atoms with Crippen LogP contribution in [-0.4, -0.2) is 26.4 Å². The number of aryl methyl sites for hydroxylation is 1. The Kier molecular flexibility index (Phi) is 6.67. The number of nitrogens with zero attached hydrogens (tertiary/aromatic N) is 3. The van der Waals surface area contributed by atoms with Gasteiger partial charge in [0.2, 0.25) is 5.91 Å². The molecule has 9 heteroatoms. The number of rotatable bonds is 5. The van der Waals surface area contributed by atoms with Crippen LogP contribution in [0.4, 0.5) is 5.69 Å². The molecule has 27 heavy (non-hydrogen) atoms. The van der Waals surface area contributed by atoms with Gasteiger partial charge in [0.15, 0.2) is 11.0 Å². The van der Waals surface area contributed by atoms with E-state index in [0.29, 0.717) is 21.0 Å². The average Bonchev–Trinajstić information content (AvgIpc) is 2.96. The molecule has 0 unspecified atom stereocenters. The molecule has 2 aromatic carbocycles. The van der Waals surface area contributed by atoms with Gasteiger partial charge in [0.05, 0.1) is 10.8 Å². The molecule has 3 aromatic rings. The molecule has 0 saturated carbocycles. The number of carbonyl (C=O) groups excluding carboxylic acids is 1. The monoisotopic (exact) mass is 532 g/mol. The summed E-state index contributed by atoms with van der Waals surface area (Å²) in [6.07, 6.45) is 0. The van der Waals surface area contributed by atoms with Crippen molar-refractivity contribution >= 4 is 69.1 Å². The average molecular weight is 533 g/mol. The van der Waals surface area contributed by atoms with Crippen molar-refractivity contribution in [3.63, 3.8) is 0 Å². The van der Waals surface area contributed by atoms with Gasteiger partial charge in [-0.2, -0.15) is 0 Å². The summed E-state index contributed by atoms with van der Waals surface area (Å²) in [5.41, 5.74) is 2.58. The largest absolute Gasteiger partial charge is 0.325 e.